The van der Waals surface area contributed by atoms with E-state index >= 15 is 0 Å². The molecule has 2 rings (SSSR count). The summed E-state index contributed by atoms with van der Waals surface area (Å²) < 4.78 is 0. The van der Waals surface area contributed by atoms with Gasteiger partial charge >= 0.3 is 6.03 Å². The number of aromatic nitrogens is 1. The Morgan fingerprint density at radius 1 is 1.22 bits per heavy atom. The minimum absolute atomic E-state index is 0.104. The number of hydrogen-bond acceptors (Lipinski definition) is 4. The number of nitrogens with one attached hydrogen (secondary N) is 4. The second-order valence-corrected chi connectivity index (χ2v) is 7.47. The second-order valence-electron chi connectivity index (χ2n) is 6.41. The highest BCUT2D eigenvalue weighted by atomic mass is 32.1. The van der Waals surface area contributed by atoms with Gasteiger partial charge in [0.2, 0.25) is 0 Å². The maximum atomic E-state index is 11.7. The van der Waals surface area contributed by atoms with Gasteiger partial charge in [-0.15, -0.1) is 11.3 Å². The number of amides is 2. The number of rotatable bonds is 7. The topological polar surface area (TPSA) is 90.4 Å². The highest BCUT2D eigenvalue weighted by molar-refractivity contribution is 7.09. The summed E-state index contributed by atoms with van der Waals surface area (Å²) in [5.41, 5.74) is 2.96. The fourth-order valence-corrected chi connectivity index (χ4v) is 3.02. The standard InChI is InChI=1S/C19H28N6OS/c1-13(2)23-19(26)25-16-7-5-15(6-8-16)11-22-18(20-4)21-10-9-17-12-27-14(3)24-17/h5-8,12-13H,9-11H2,1-4H3,(H2,20,21,22)(H2,23,25,26). The molecule has 0 aliphatic rings. The molecule has 1 heterocycles. The van der Waals surface area contributed by atoms with E-state index in [0.29, 0.717) is 6.54 Å². The number of benzene rings is 1. The van der Waals surface area contributed by atoms with Crippen LogP contribution in [0.3, 0.4) is 0 Å². The first-order valence-electron chi connectivity index (χ1n) is 8.98. The molecule has 2 aromatic rings. The molecule has 4 N–H and O–H groups in total. The van der Waals surface area contributed by atoms with Crippen molar-refractivity contribution in [3.05, 3.63) is 45.9 Å². The van der Waals surface area contributed by atoms with E-state index < -0.39 is 0 Å². The first-order valence-corrected chi connectivity index (χ1v) is 9.86. The Balaban J connectivity index is 1.74. The largest absolute Gasteiger partial charge is 0.356 e. The Morgan fingerprint density at radius 2 is 1.96 bits per heavy atom. The van der Waals surface area contributed by atoms with E-state index in [4.69, 9.17) is 0 Å². The molecule has 0 fully saturated rings. The Bertz CT molecular complexity index is 754. The minimum Gasteiger partial charge on any atom is -0.356 e. The zero-order valence-corrected chi connectivity index (χ0v) is 17.1. The maximum absolute atomic E-state index is 11.7. The number of aliphatic imine (C=N–C) groups is 1. The highest BCUT2D eigenvalue weighted by Gasteiger charge is 2.04. The minimum atomic E-state index is -0.198. The summed E-state index contributed by atoms with van der Waals surface area (Å²) in [6.07, 6.45) is 0.865. The van der Waals surface area contributed by atoms with Crippen molar-refractivity contribution in [3.8, 4) is 0 Å². The zero-order chi connectivity index (χ0) is 19.6. The monoisotopic (exact) mass is 388 g/mol. The molecule has 7 nitrogen and oxygen atoms in total. The lowest BCUT2D eigenvalue weighted by Gasteiger charge is -2.12. The van der Waals surface area contributed by atoms with Crippen molar-refractivity contribution < 1.29 is 4.79 Å². The van der Waals surface area contributed by atoms with Crippen LogP contribution in [-0.2, 0) is 13.0 Å². The van der Waals surface area contributed by atoms with Crippen LogP contribution in [0.4, 0.5) is 10.5 Å². The quantitative estimate of drug-likeness (QED) is 0.434. The van der Waals surface area contributed by atoms with Crippen molar-refractivity contribution in [1.29, 1.82) is 0 Å². The van der Waals surface area contributed by atoms with Crippen LogP contribution in [0.25, 0.3) is 0 Å². The van der Waals surface area contributed by atoms with Gasteiger partial charge in [0.25, 0.3) is 0 Å². The van der Waals surface area contributed by atoms with Crippen molar-refractivity contribution in [2.24, 2.45) is 4.99 Å². The summed E-state index contributed by atoms with van der Waals surface area (Å²) in [7, 11) is 1.75. The molecule has 0 atom stereocenters. The molecule has 0 spiro atoms. The molecule has 0 unspecified atom stereocenters. The predicted molar refractivity (Wildman–Crippen MR) is 112 cm³/mol. The zero-order valence-electron chi connectivity index (χ0n) is 16.3. The van der Waals surface area contributed by atoms with Gasteiger partial charge in [0.05, 0.1) is 10.7 Å². The van der Waals surface area contributed by atoms with E-state index in [-0.39, 0.29) is 12.1 Å². The number of carbonyl (C=O) groups excluding carboxylic acids is 1. The molecule has 2 amide bonds. The fraction of sp³-hybridized carbons (Fsp3) is 0.421. The molecule has 1 aromatic carbocycles. The molecule has 0 aliphatic heterocycles. The lowest BCUT2D eigenvalue weighted by atomic mass is 10.2. The molecule has 0 saturated heterocycles. The summed E-state index contributed by atoms with van der Waals surface area (Å²) in [5, 5.41) is 15.4. The molecule has 27 heavy (non-hydrogen) atoms. The van der Waals surface area contributed by atoms with Crippen LogP contribution in [0.2, 0.25) is 0 Å². The van der Waals surface area contributed by atoms with Crippen LogP contribution in [0.5, 0.6) is 0 Å². The Morgan fingerprint density at radius 3 is 2.56 bits per heavy atom. The van der Waals surface area contributed by atoms with Crippen molar-refractivity contribution in [2.45, 2.75) is 39.8 Å². The lowest BCUT2D eigenvalue weighted by molar-refractivity contribution is 0.250. The van der Waals surface area contributed by atoms with Gasteiger partial charge in [-0.2, -0.15) is 0 Å². The van der Waals surface area contributed by atoms with Crippen molar-refractivity contribution >= 4 is 29.0 Å². The van der Waals surface area contributed by atoms with Crippen LogP contribution >= 0.6 is 11.3 Å². The van der Waals surface area contributed by atoms with Crippen molar-refractivity contribution in [1.82, 2.24) is 20.9 Å². The van der Waals surface area contributed by atoms with E-state index in [1.807, 2.05) is 45.0 Å². The third kappa shape index (κ3) is 7.65. The van der Waals surface area contributed by atoms with Gasteiger partial charge in [-0.25, -0.2) is 9.78 Å². The number of guanidine groups is 1. The van der Waals surface area contributed by atoms with Gasteiger partial charge in [-0.1, -0.05) is 12.1 Å². The summed E-state index contributed by atoms with van der Waals surface area (Å²) in [5.74, 6) is 0.750. The van der Waals surface area contributed by atoms with Gasteiger partial charge in [0.15, 0.2) is 5.96 Å². The smallest absolute Gasteiger partial charge is 0.319 e. The molecule has 1 aromatic heterocycles. The summed E-state index contributed by atoms with van der Waals surface area (Å²) in [6, 6.07) is 7.63. The number of nitrogens with zero attached hydrogens (tertiary/aromatic N) is 2. The molecule has 0 radical (unpaired) electrons. The number of urea groups is 1. The molecule has 0 bridgehead atoms. The Labute approximate surface area is 164 Å². The van der Waals surface area contributed by atoms with Gasteiger partial charge in [-0.05, 0) is 38.5 Å². The Kier molecular flexibility index (Phi) is 8.06. The van der Waals surface area contributed by atoms with E-state index in [0.717, 1.165) is 40.9 Å². The van der Waals surface area contributed by atoms with Crippen LogP contribution < -0.4 is 21.3 Å². The molecule has 0 aliphatic carbocycles. The van der Waals surface area contributed by atoms with E-state index in [2.05, 4.69) is 36.6 Å². The molecular weight excluding hydrogens is 360 g/mol. The summed E-state index contributed by atoms with van der Waals surface area (Å²) in [4.78, 5) is 20.4. The number of anilines is 1. The second kappa shape index (κ2) is 10.5. The third-order valence-electron chi connectivity index (χ3n) is 3.66. The van der Waals surface area contributed by atoms with E-state index in [1.54, 1.807) is 18.4 Å². The lowest BCUT2D eigenvalue weighted by Crippen LogP contribution is -2.37. The highest BCUT2D eigenvalue weighted by Crippen LogP contribution is 2.10. The average Bonchev–Trinajstić information content (AvgIpc) is 3.03. The first kappa shape index (κ1) is 20.7. The fourth-order valence-electron chi connectivity index (χ4n) is 2.37. The third-order valence-corrected chi connectivity index (χ3v) is 4.48. The molecular formula is C19H28N6OS. The van der Waals surface area contributed by atoms with Crippen molar-refractivity contribution in [3.63, 3.8) is 0 Å². The number of carbonyl (C=O) groups is 1. The van der Waals surface area contributed by atoms with E-state index in [1.165, 1.54) is 0 Å². The van der Waals surface area contributed by atoms with Crippen LogP contribution in [-0.4, -0.2) is 36.6 Å². The first-order chi connectivity index (χ1) is 13.0. The normalized spacial score (nSPS) is 11.4. The van der Waals surface area contributed by atoms with E-state index in [9.17, 15) is 4.79 Å². The number of thiazole rings is 1. The summed E-state index contributed by atoms with van der Waals surface area (Å²) in [6.45, 7) is 7.28. The number of aryl methyl sites for hydroxylation is 1. The molecule has 0 saturated carbocycles. The van der Waals surface area contributed by atoms with Crippen molar-refractivity contribution in [2.75, 3.05) is 18.9 Å². The summed E-state index contributed by atoms with van der Waals surface area (Å²) >= 11 is 1.67. The number of hydrogen-bond donors (Lipinski definition) is 4. The SMILES string of the molecule is CN=C(NCCc1csc(C)n1)NCc1ccc(NC(=O)NC(C)C)cc1. The van der Waals surface area contributed by atoms with Gasteiger partial charge in [0.1, 0.15) is 0 Å². The van der Waals surface area contributed by atoms with Gasteiger partial charge in [0, 0.05) is 43.7 Å². The molecule has 146 valence electrons. The maximum Gasteiger partial charge on any atom is 0.319 e. The van der Waals surface area contributed by atoms with Gasteiger partial charge < -0.3 is 21.3 Å². The molecule has 8 heteroatoms. The van der Waals surface area contributed by atoms with Crippen LogP contribution in [0.15, 0.2) is 34.6 Å². The van der Waals surface area contributed by atoms with Crippen LogP contribution in [0, 0.1) is 6.92 Å². The predicted octanol–water partition coefficient (Wildman–Crippen LogP) is 2.89. The average molecular weight is 389 g/mol. The van der Waals surface area contributed by atoms with Crippen LogP contribution in [0.1, 0.15) is 30.1 Å². The Hall–Kier alpha value is -2.61. The van der Waals surface area contributed by atoms with Gasteiger partial charge in [-0.3, -0.25) is 4.99 Å².